The lowest BCUT2D eigenvalue weighted by atomic mass is 10.1. The van der Waals surface area contributed by atoms with Crippen LogP contribution in [0.3, 0.4) is 0 Å². The van der Waals surface area contributed by atoms with Gasteiger partial charge in [-0.2, -0.15) is 0 Å². The summed E-state index contributed by atoms with van der Waals surface area (Å²) in [5.41, 5.74) is 3.10. The number of aryl methyl sites for hydroxylation is 1. The maximum Gasteiger partial charge on any atom is 0.119 e. The highest BCUT2D eigenvalue weighted by Crippen LogP contribution is 2.26. The number of unbranched alkanes of at least 4 members (excludes halogenated alkanes) is 6. The van der Waals surface area contributed by atoms with E-state index in [0.29, 0.717) is 0 Å². The number of fused-ring (bicyclic) bond motifs is 1. The number of rotatable bonds is 9. The van der Waals surface area contributed by atoms with E-state index in [-0.39, 0.29) is 0 Å². The third kappa shape index (κ3) is 4.76. The number of hydrogen-bond donors (Lipinski definition) is 1. The van der Waals surface area contributed by atoms with E-state index in [1.54, 1.807) is 0 Å². The van der Waals surface area contributed by atoms with E-state index in [2.05, 4.69) is 18.1 Å². The molecule has 0 amide bonds. The SMILES string of the molecule is CCCCCCCCCOc1ccc2c(c1)CC/C2=N\O. The molecule has 1 aliphatic rings. The first-order valence-corrected chi connectivity index (χ1v) is 8.32. The Bertz CT molecular complexity index is 468. The van der Waals surface area contributed by atoms with Crippen molar-refractivity contribution in [2.75, 3.05) is 6.61 Å². The van der Waals surface area contributed by atoms with Crippen LogP contribution in [0.4, 0.5) is 0 Å². The van der Waals surface area contributed by atoms with Crippen molar-refractivity contribution in [3.63, 3.8) is 0 Å². The summed E-state index contributed by atoms with van der Waals surface area (Å²) in [6, 6.07) is 6.09. The fraction of sp³-hybridized carbons (Fsp3) is 0.611. The third-order valence-electron chi connectivity index (χ3n) is 4.16. The van der Waals surface area contributed by atoms with E-state index in [9.17, 15) is 0 Å². The first kappa shape index (κ1) is 15.9. The zero-order chi connectivity index (χ0) is 14.9. The van der Waals surface area contributed by atoms with Crippen molar-refractivity contribution in [1.29, 1.82) is 0 Å². The fourth-order valence-electron chi connectivity index (χ4n) is 2.89. The zero-order valence-corrected chi connectivity index (χ0v) is 13.1. The molecular weight excluding hydrogens is 262 g/mol. The molecule has 3 heteroatoms. The van der Waals surface area contributed by atoms with Crippen LogP contribution in [0.2, 0.25) is 0 Å². The van der Waals surface area contributed by atoms with E-state index >= 15 is 0 Å². The molecule has 0 fully saturated rings. The average Bonchev–Trinajstić information content (AvgIpc) is 2.92. The average molecular weight is 289 g/mol. The molecule has 0 bridgehead atoms. The Morgan fingerprint density at radius 1 is 1.05 bits per heavy atom. The van der Waals surface area contributed by atoms with Crippen molar-refractivity contribution >= 4 is 5.71 Å². The highest BCUT2D eigenvalue weighted by molar-refractivity contribution is 6.04. The first-order chi connectivity index (χ1) is 10.3. The normalized spacial score (nSPS) is 15.4. The molecule has 1 aromatic rings. The Balaban J connectivity index is 1.66. The molecule has 2 rings (SSSR count). The second-order valence-electron chi connectivity index (χ2n) is 5.84. The lowest BCUT2D eigenvalue weighted by Crippen LogP contribution is -1.99. The largest absolute Gasteiger partial charge is 0.494 e. The number of benzene rings is 1. The number of hydrogen-bond acceptors (Lipinski definition) is 3. The molecule has 0 aromatic heterocycles. The highest BCUT2D eigenvalue weighted by atomic mass is 16.5. The van der Waals surface area contributed by atoms with Gasteiger partial charge in [-0.3, -0.25) is 0 Å². The van der Waals surface area contributed by atoms with Gasteiger partial charge in [-0.15, -0.1) is 0 Å². The van der Waals surface area contributed by atoms with Crippen LogP contribution in [-0.4, -0.2) is 17.5 Å². The van der Waals surface area contributed by atoms with Crippen LogP contribution in [0.1, 0.15) is 69.4 Å². The van der Waals surface area contributed by atoms with Gasteiger partial charge in [0.1, 0.15) is 5.75 Å². The minimum absolute atomic E-state index is 0.795. The summed E-state index contributed by atoms with van der Waals surface area (Å²) in [7, 11) is 0. The van der Waals surface area contributed by atoms with Gasteiger partial charge in [0.15, 0.2) is 0 Å². The van der Waals surface area contributed by atoms with Crippen LogP contribution < -0.4 is 4.74 Å². The summed E-state index contributed by atoms with van der Waals surface area (Å²) < 4.78 is 5.83. The van der Waals surface area contributed by atoms with Crippen molar-refractivity contribution in [1.82, 2.24) is 0 Å². The highest BCUT2D eigenvalue weighted by Gasteiger charge is 2.18. The van der Waals surface area contributed by atoms with Gasteiger partial charge in [0.05, 0.1) is 12.3 Å². The number of oxime groups is 1. The predicted octanol–water partition coefficient (Wildman–Crippen LogP) is 4.94. The molecule has 0 atom stereocenters. The van der Waals surface area contributed by atoms with Gasteiger partial charge >= 0.3 is 0 Å². The van der Waals surface area contributed by atoms with Gasteiger partial charge in [0.2, 0.25) is 0 Å². The molecule has 21 heavy (non-hydrogen) atoms. The van der Waals surface area contributed by atoms with E-state index in [1.807, 2.05) is 12.1 Å². The second-order valence-corrected chi connectivity index (χ2v) is 5.84. The molecule has 0 saturated carbocycles. The standard InChI is InChI=1S/C18H27NO2/c1-2-3-4-5-6-7-8-13-21-16-10-11-17-15(14-16)9-12-18(17)19-20/h10-11,14,20H,2-9,12-13H2,1H3/b19-18+. The Hall–Kier alpha value is -1.51. The summed E-state index contributed by atoms with van der Waals surface area (Å²) in [4.78, 5) is 0. The minimum Gasteiger partial charge on any atom is -0.494 e. The summed E-state index contributed by atoms with van der Waals surface area (Å²) in [6.07, 6.45) is 10.9. The molecule has 116 valence electrons. The van der Waals surface area contributed by atoms with E-state index in [0.717, 1.165) is 42.9 Å². The first-order valence-electron chi connectivity index (χ1n) is 8.32. The second kappa shape index (κ2) is 8.71. The summed E-state index contributed by atoms with van der Waals surface area (Å²) >= 11 is 0. The van der Waals surface area contributed by atoms with Crippen LogP contribution >= 0.6 is 0 Å². The van der Waals surface area contributed by atoms with Crippen molar-refractivity contribution in [3.05, 3.63) is 29.3 Å². The monoisotopic (exact) mass is 289 g/mol. The maximum absolute atomic E-state index is 8.92. The van der Waals surface area contributed by atoms with Gasteiger partial charge in [0.25, 0.3) is 0 Å². The maximum atomic E-state index is 8.92. The molecule has 0 radical (unpaired) electrons. The van der Waals surface area contributed by atoms with Gasteiger partial charge in [-0.05, 0) is 43.0 Å². The number of nitrogens with zero attached hydrogens (tertiary/aromatic N) is 1. The van der Waals surface area contributed by atoms with Crippen LogP contribution in [0.5, 0.6) is 5.75 Å². The van der Waals surface area contributed by atoms with E-state index in [1.165, 1.54) is 44.1 Å². The molecule has 1 aliphatic carbocycles. The van der Waals surface area contributed by atoms with Crippen molar-refractivity contribution in [2.24, 2.45) is 5.16 Å². The molecule has 0 unspecified atom stereocenters. The zero-order valence-electron chi connectivity index (χ0n) is 13.1. The molecule has 0 aliphatic heterocycles. The smallest absolute Gasteiger partial charge is 0.119 e. The van der Waals surface area contributed by atoms with Crippen molar-refractivity contribution < 1.29 is 9.94 Å². The Kier molecular flexibility index (Phi) is 6.58. The van der Waals surface area contributed by atoms with Crippen LogP contribution in [0, 0.1) is 0 Å². The minimum atomic E-state index is 0.795. The van der Waals surface area contributed by atoms with Crippen molar-refractivity contribution in [3.8, 4) is 5.75 Å². The van der Waals surface area contributed by atoms with E-state index in [4.69, 9.17) is 9.94 Å². The predicted molar refractivity (Wildman–Crippen MR) is 86.6 cm³/mol. The van der Waals surface area contributed by atoms with Crippen molar-refractivity contribution in [2.45, 2.75) is 64.7 Å². The quantitative estimate of drug-likeness (QED) is 0.397. The summed E-state index contributed by atoms with van der Waals surface area (Å²) in [5.74, 6) is 0.943. The molecule has 1 N–H and O–H groups in total. The van der Waals surface area contributed by atoms with E-state index < -0.39 is 0 Å². The van der Waals surface area contributed by atoms with Crippen LogP contribution in [0.15, 0.2) is 23.4 Å². The lowest BCUT2D eigenvalue weighted by Gasteiger charge is -2.08. The van der Waals surface area contributed by atoms with Gasteiger partial charge in [-0.25, -0.2) is 0 Å². The topological polar surface area (TPSA) is 41.8 Å². The van der Waals surface area contributed by atoms with Crippen LogP contribution in [0.25, 0.3) is 0 Å². The summed E-state index contributed by atoms with van der Waals surface area (Å²) in [6.45, 7) is 3.05. The number of ether oxygens (including phenoxy) is 1. The molecular formula is C18H27NO2. The summed E-state index contributed by atoms with van der Waals surface area (Å²) in [5, 5.41) is 12.3. The third-order valence-corrected chi connectivity index (χ3v) is 4.16. The van der Waals surface area contributed by atoms with Gasteiger partial charge in [-0.1, -0.05) is 50.6 Å². The molecule has 1 aromatic carbocycles. The molecule has 0 spiro atoms. The fourth-order valence-corrected chi connectivity index (χ4v) is 2.89. The molecule has 0 saturated heterocycles. The van der Waals surface area contributed by atoms with Crippen LogP contribution in [-0.2, 0) is 6.42 Å². The van der Waals surface area contributed by atoms with Gasteiger partial charge < -0.3 is 9.94 Å². The Morgan fingerprint density at radius 2 is 1.81 bits per heavy atom. The Morgan fingerprint density at radius 3 is 2.57 bits per heavy atom. The Labute approximate surface area is 128 Å². The lowest BCUT2D eigenvalue weighted by molar-refractivity contribution is 0.304. The molecule has 3 nitrogen and oxygen atoms in total. The van der Waals surface area contributed by atoms with Gasteiger partial charge in [0, 0.05) is 5.56 Å². The molecule has 0 heterocycles.